The third kappa shape index (κ3) is 3.08. The lowest BCUT2D eigenvalue weighted by Crippen LogP contribution is -2.21. The molecule has 1 aliphatic heterocycles. The quantitative estimate of drug-likeness (QED) is 0.646. The minimum Gasteiger partial charge on any atom is -0.504 e. The highest BCUT2D eigenvalue weighted by Gasteiger charge is 2.34. The molecule has 0 saturated heterocycles. The fraction of sp³-hybridized carbons (Fsp3) is 0.176. The van der Waals surface area contributed by atoms with E-state index in [4.69, 9.17) is 9.47 Å². The number of phenolic OH excluding ortho intramolecular Hbond substituents is 1. The van der Waals surface area contributed by atoms with Crippen molar-refractivity contribution in [3.05, 3.63) is 47.5 Å². The Morgan fingerprint density at radius 1 is 1.15 bits per heavy atom. The van der Waals surface area contributed by atoms with E-state index in [1.54, 1.807) is 37.4 Å². The van der Waals surface area contributed by atoms with Gasteiger partial charge in [0.15, 0.2) is 17.3 Å². The van der Waals surface area contributed by atoms with Crippen molar-refractivity contribution in [3.8, 4) is 17.2 Å². The first-order valence-corrected chi connectivity index (χ1v) is 8.98. The Kier molecular flexibility index (Phi) is 4.56. The zero-order valence-electron chi connectivity index (χ0n) is 14.4. The predicted molar refractivity (Wildman–Crippen MR) is 96.7 cm³/mol. The van der Waals surface area contributed by atoms with Crippen LogP contribution in [0.4, 0.5) is 0 Å². The van der Waals surface area contributed by atoms with Crippen molar-refractivity contribution in [1.82, 2.24) is 5.01 Å². The van der Waals surface area contributed by atoms with Gasteiger partial charge in [-0.05, 0) is 35.9 Å². The molecule has 9 heteroatoms. The van der Waals surface area contributed by atoms with Gasteiger partial charge in [0.05, 0.1) is 20.4 Å². The summed E-state index contributed by atoms with van der Waals surface area (Å²) < 4.78 is 38.7. The normalized spacial score (nSPS) is 14.8. The van der Waals surface area contributed by atoms with Crippen LogP contribution in [-0.2, 0) is 10.0 Å². The fourth-order valence-electron chi connectivity index (χ4n) is 2.54. The summed E-state index contributed by atoms with van der Waals surface area (Å²) in [4.78, 5) is 0.0332. The summed E-state index contributed by atoms with van der Waals surface area (Å²) in [5, 5.41) is 15.2. The number of phenols is 1. The molecule has 136 valence electrons. The molecule has 1 heterocycles. The highest BCUT2D eigenvalue weighted by molar-refractivity contribution is 7.90. The molecule has 0 amide bonds. The summed E-state index contributed by atoms with van der Waals surface area (Å²) in [7, 11) is 0.602. The summed E-state index contributed by atoms with van der Waals surface area (Å²) in [5.41, 5.74) is 1.09. The van der Waals surface area contributed by atoms with Crippen molar-refractivity contribution in [2.24, 2.45) is 9.50 Å². The first-order chi connectivity index (χ1) is 12.4. The molecular formula is C17H17N3O5S. The molecule has 0 unspecified atom stereocenters. The molecule has 0 bridgehead atoms. The Morgan fingerprint density at radius 2 is 1.88 bits per heavy atom. The van der Waals surface area contributed by atoms with Crippen molar-refractivity contribution in [2.75, 3.05) is 21.3 Å². The average Bonchev–Trinajstić information content (AvgIpc) is 2.92. The highest BCUT2D eigenvalue weighted by atomic mass is 32.2. The molecule has 0 aromatic heterocycles. The molecule has 2 aromatic carbocycles. The van der Waals surface area contributed by atoms with Gasteiger partial charge in [0.25, 0.3) is 10.0 Å². The lowest BCUT2D eigenvalue weighted by molar-refractivity contribution is 0.373. The van der Waals surface area contributed by atoms with Crippen molar-refractivity contribution < 1.29 is 23.0 Å². The molecular weight excluding hydrogens is 358 g/mol. The fourth-order valence-corrected chi connectivity index (χ4v) is 3.92. The first kappa shape index (κ1) is 17.7. The average molecular weight is 375 g/mol. The van der Waals surface area contributed by atoms with Crippen LogP contribution in [0.1, 0.15) is 11.1 Å². The minimum atomic E-state index is -3.85. The lowest BCUT2D eigenvalue weighted by atomic mass is 10.2. The van der Waals surface area contributed by atoms with E-state index in [0.29, 0.717) is 16.9 Å². The maximum atomic E-state index is 12.4. The standard InChI is InChI=1S/C17H17N3O5S/c1-20(18-10-11-7-8-13(21)15(9-11)25-3)17-12-5-4-6-14(24-2)16(12)26(22,23)19-17/h4-10,21H,1-3H3/b18-10+. The number of methoxy groups -OCH3 is 2. The van der Waals surface area contributed by atoms with E-state index in [9.17, 15) is 13.5 Å². The summed E-state index contributed by atoms with van der Waals surface area (Å²) in [6, 6.07) is 9.65. The Balaban J connectivity index is 1.94. The summed E-state index contributed by atoms with van der Waals surface area (Å²) >= 11 is 0. The Morgan fingerprint density at radius 3 is 2.58 bits per heavy atom. The number of rotatable bonds is 4. The molecule has 8 nitrogen and oxygen atoms in total. The smallest absolute Gasteiger partial charge is 0.288 e. The van der Waals surface area contributed by atoms with Crippen LogP contribution in [0.15, 0.2) is 50.8 Å². The predicted octanol–water partition coefficient (Wildman–Crippen LogP) is 1.82. The number of fused-ring (bicyclic) bond motifs is 1. The number of hydrazone groups is 1. The SMILES string of the molecule is COc1cc(/C=N/N(C)C2=NS(=O)(=O)c3c(OC)cccc32)ccc1O. The topological polar surface area (TPSA) is 101 Å². The number of amidine groups is 1. The van der Waals surface area contributed by atoms with E-state index in [-0.39, 0.29) is 22.2 Å². The Bertz CT molecular complexity index is 1020. The zero-order valence-corrected chi connectivity index (χ0v) is 15.2. The van der Waals surface area contributed by atoms with Crippen LogP contribution in [-0.4, -0.2) is 51.9 Å². The monoisotopic (exact) mass is 375 g/mol. The van der Waals surface area contributed by atoms with Gasteiger partial charge in [-0.25, -0.2) is 5.01 Å². The van der Waals surface area contributed by atoms with Gasteiger partial charge in [-0.2, -0.15) is 13.5 Å². The molecule has 1 aliphatic rings. The number of ether oxygens (including phenoxy) is 2. The Labute approximate surface area is 151 Å². The molecule has 0 fully saturated rings. The van der Waals surface area contributed by atoms with Crippen LogP contribution in [0, 0.1) is 0 Å². The Hall–Kier alpha value is -3.07. The number of benzene rings is 2. The molecule has 26 heavy (non-hydrogen) atoms. The summed E-state index contributed by atoms with van der Waals surface area (Å²) in [6.07, 6.45) is 1.51. The maximum Gasteiger partial charge on any atom is 0.288 e. The number of hydrogen-bond acceptors (Lipinski definition) is 7. The van der Waals surface area contributed by atoms with E-state index in [2.05, 4.69) is 9.50 Å². The van der Waals surface area contributed by atoms with E-state index in [1.807, 2.05) is 0 Å². The van der Waals surface area contributed by atoms with Crippen LogP contribution in [0.3, 0.4) is 0 Å². The number of aromatic hydroxyl groups is 1. The van der Waals surface area contributed by atoms with Crippen LogP contribution in [0.2, 0.25) is 0 Å². The van der Waals surface area contributed by atoms with Gasteiger partial charge >= 0.3 is 0 Å². The molecule has 0 aliphatic carbocycles. The van der Waals surface area contributed by atoms with Crippen molar-refractivity contribution in [2.45, 2.75) is 4.90 Å². The molecule has 0 spiro atoms. The van der Waals surface area contributed by atoms with Crippen LogP contribution in [0.5, 0.6) is 17.2 Å². The molecule has 0 radical (unpaired) electrons. The van der Waals surface area contributed by atoms with Gasteiger partial charge in [0.2, 0.25) is 0 Å². The minimum absolute atomic E-state index is 0.0188. The maximum absolute atomic E-state index is 12.4. The summed E-state index contributed by atoms with van der Waals surface area (Å²) in [6.45, 7) is 0. The van der Waals surface area contributed by atoms with E-state index < -0.39 is 10.0 Å². The lowest BCUT2D eigenvalue weighted by Gasteiger charge is -2.13. The first-order valence-electron chi connectivity index (χ1n) is 7.54. The second kappa shape index (κ2) is 6.68. The second-order valence-electron chi connectivity index (χ2n) is 5.43. The van der Waals surface area contributed by atoms with Gasteiger partial charge in [-0.1, -0.05) is 6.07 Å². The molecule has 2 aromatic rings. The summed E-state index contributed by atoms with van der Waals surface area (Å²) in [5.74, 6) is 0.764. The number of nitrogens with zero attached hydrogens (tertiary/aromatic N) is 3. The van der Waals surface area contributed by atoms with Gasteiger partial charge in [0, 0.05) is 12.6 Å². The van der Waals surface area contributed by atoms with Crippen molar-refractivity contribution >= 4 is 22.1 Å². The van der Waals surface area contributed by atoms with Crippen molar-refractivity contribution in [3.63, 3.8) is 0 Å². The van der Waals surface area contributed by atoms with Gasteiger partial charge < -0.3 is 14.6 Å². The van der Waals surface area contributed by atoms with Gasteiger partial charge in [-0.3, -0.25) is 0 Å². The zero-order chi connectivity index (χ0) is 18.9. The highest BCUT2D eigenvalue weighted by Crippen LogP contribution is 2.35. The number of hydrogen-bond donors (Lipinski definition) is 1. The van der Waals surface area contributed by atoms with Gasteiger partial charge in [-0.15, -0.1) is 4.40 Å². The largest absolute Gasteiger partial charge is 0.504 e. The van der Waals surface area contributed by atoms with E-state index in [1.165, 1.54) is 31.5 Å². The van der Waals surface area contributed by atoms with Crippen LogP contribution < -0.4 is 9.47 Å². The third-order valence-electron chi connectivity index (χ3n) is 3.79. The molecule has 3 rings (SSSR count). The second-order valence-corrected chi connectivity index (χ2v) is 6.97. The van der Waals surface area contributed by atoms with Gasteiger partial charge in [0.1, 0.15) is 10.6 Å². The van der Waals surface area contributed by atoms with E-state index >= 15 is 0 Å². The van der Waals surface area contributed by atoms with E-state index in [0.717, 1.165) is 0 Å². The number of sulfonamides is 1. The van der Waals surface area contributed by atoms with Crippen LogP contribution >= 0.6 is 0 Å². The molecule has 0 saturated carbocycles. The van der Waals surface area contributed by atoms with Crippen molar-refractivity contribution in [1.29, 1.82) is 0 Å². The molecule has 0 atom stereocenters. The van der Waals surface area contributed by atoms with Crippen LogP contribution in [0.25, 0.3) is 0 Å². The molecule has 1 N–H and O–H groups in total. The third-order valence-corrected chi connectivity index (χ3v) is 5.14.